The van der Waals surface area contributed by atoms with E-state index < -0.39 is 0 Å². The fraction of sp³-hybridized carbons (Fsp3) is 0. The number of nitrogens with zero attached hydrogens (tertiary/aromatic N) is 10. The summed E-state index contributed by atoms with van der Waals surface area (Å²) in [4.78, 5) is 40.4. The predicted octanol–water partition coefficient (Wildman–Crippen LogP) is 28.1. The number of fused-ring (bicyclic) bond motifs is 8. The summed E-state index contributed by atoms with van der Waals surface area (Å²) in [6, 6.07) is 152. The van der Waals surface area contributed by atoms with Crippen molar-refractivity contribution in [2.75, 3.05) is 0 Å². The largest absolute Gasteiger partial charge is 3.00 e. The third-order valence-electron chi connectivity index (χ3n) is 24.3. The Kier molecular flexibility index (Phi) is 20.2. The van der Waals surface area contributed by atoms with Gasteiger partial charge >= 0.3 is 40.2 Å². The molecule has 128 heavy (non-hydrogen) atoms. The molecule has 0 aliphatic heterocycles. The number of aromatic nitrogens is 10. The van der Waals surface area contributed by atoms with Gasteiger partial charge in [0, 0.05) is 35.9 Å². The van der Waals surface area contributed by atoms with Crippen LogP contribution in [0.25, 0.3) is 244 Å². The summed E-state index contributed by atoms with van der Waals surface area (Å²) in [6.07, 6.45) is 8.98. The maximum Gasteiger partial charge on any atom is 3.00 e. The number of para-hydroxylation sites is 4. The second-order valence-electron chi connectivity index (χ2n) is 31.6. The minimum atomic E-state index is 0. The van der Waals surface area contributed by atoms with Gasteiger partial charge in [-0.15, -0.1) is 166 Å². The topological polar surface area (TPSA) is 113 Å². The standard InChI is InChI=1S/C116H66N10.2Ir/c1-5-26-93(89(22-1)73-40-48-77(49-41-73)103-32-13-17-60-117-103)81-64-82(94-27-6-2-23-90(94)74-42-50-78(51-43-74)104-33-14-18-61-118-104)67-85(66-81)115-123-107-36-9-11-38-109(107)125(115)87-56-58-99-101(70-87)97-30-21-31-98-102-71-88(57-59-100(102)114-112(111(97)98)113(99)121-72-122-114)126-110-39-12-10-37-108(110)124-116(126)86-68-83(95-28-7-3-24-91(95)75-44-52-79(53-45-75)105-34-15-19-62-119-105)65-84(69-86)96-29-8-4-25-92(96)76-46-54-80(55-47-76)106-35-16-20-63-120-106;;/h1-48,50,52,54,56-57,60-72H;;/q-6;2*+3. The maximum absolute atomic E-state index is 5.67. The molecule has 17 aromatic carbocycles. The normalized spacial score (nSPS) is 11.5. The number of hydrogen-bond donors (Lipinski definition) is 0. The molecule has 0 saturated heterocycles. The summed E-state index contributed by atoms with van der Waals surface area (Å²) in [5.41, 5.74) is 32.7. The Morgan fingerprint density at radius 1 is 0.219 bits per heavy atom. The van der Waals surface area contributed by atoms with Gasteiger partial charge in [0.1, 0.15) is 11.6 Å². The molecule has 0 spiro atoms. The summed E-state index contributed by atoms with van der Waals surface area (Å²) in [6.45, 7) is 0. The summed E-state index contributed by atoms with van der Waals surface area (Å²) in [7, 11) is 0. The first-order valence-corrected chi connectivity index (χ1v) is 42.0. The van der Waals surface area contributed by atoms with Crippen molar-refractivity contribution in [1.82, 2.24) is 49.0 Å². The Bertz CT molecular complexity index is 7580. The Morgan fingerprint density at radius 2 is 0.516 bits per heavy atom. The molecular weight excluding hydrogens is 1920 g/mol. The van der Waals surface area contributed by atoms with Crippen LogP contribution in [0, 0.1) is 36.4 Å². The number of hydrogen-bond acceptors (Lipinski definition) is 8. The summed E-state index contributed by atoms with van der Waals surface area (Å²) >= 11 is 0. The molecule has 0 N–H and O–H groups in total. The first-order chi connectivity index (χ1) is 62.5. The average Bonchev–Trinajstić information content (AvgIpc) is 0.740. The molecule has 10 nitrogen and oxygen atoms in total. The molecule has 0 unspecified atom stereocenters. The van der Waals surface area contributed by atoms with E-state index in [2.05, 4.69) is 363 Å². The molecule has 0 amide bonds. The summed E-state index contributed by atoms with van der Waals surface area (Å²) in [5, 5.41) is 7.85. The molecule has 24 rings (SSSR count). The number of rotatable bonds is 16. The van der Waals surface area contributed by atoms with Gasteiger partial charge in [-0.2, -0.15) is 0 Å². The first-order valence-electron chi connectivity index (χ1n) is 42.0. The fourth-order valence-electron chi connectivity index (χ4n) is 18.5. The summed E-state index contributed by atoms with van der Waals surface area (Å²) < 4.78 is 4.62. The molecule has 24 aromatic rings. The van der Waals surface area contributed by atoms with Gasteiger partial charge in [0.25, 0.3) is 0 Å². The van der Waals surface area contributed by atoms with E-state index in [0.717, 1.165) is 244 Å². The quantitative estimate of drug-likeness (QED) is 0.0534. The van der Waals surface area contributed by atoms with Crippen LogP contribution >= 0.6 is 0 Å². The Labute approximate surface area is 765 Å². The molecule has 0 aliphatic carbocycles. The molecule has 12 heteroatoms. The van der Waals surface area contributed by atoms with Gasteiger partial charge in [-0.1, -0.05) is 259 Å². The van der Waals surface area contributed by atoms with Crippen molar-refractivity contribution in [3.8, 4) is 168 Å². The van der Waals surface area contributed by atoms with E-state index in [1.54, 1.807) is 6.33 Å². The minimum absolute atomic E-state index is 0. The maximum atomic E-state index is 5.67. The smallest absolute Gasteiger partial charge is 0.334 e. The van der Waals surface area contributed by atoms with Crippen LogP contribution in [0.4, 0.5) is 0 Å². The first kappa shape index (κ1) is 78.2. The molecule has 0 radical (unpaired) electrons. The van der Waals surface area contributed by atoms with Gasteiger partial charge in [-0.3, -0.25) is 9.97 Å². The van der Waals surface area contributed by atoms with E-state index in [4.69, 9.17) is 19.9 Å². The number of imidazole rings is 2. The third kappa shape index (κ3) is 13.8. The van der Waals surface area contributed by atoms with Crippen molar-refractivity contribution >= 4 is 76.2 Å². The van der Waals surface area contributed by atoms with Crippen LogP contribution in [0.2, 0.25) is 0 Å². The zero-order valence-electron chi connectivity index (χ0n) is 68.2. The monoisotopic (exact) mass is 1980 g/mol. The van der Waals surface area contributed by atoms with Gasteiger partial charge in [0.05, 0.1) is 28.4 Å². The van der Waals surface area contributed by atoms with E-state index in [9.17, 15) is 0 Å². The van der Waals surface area contributed by atoms with Gasteiger partial charge in [0.15, 0.2) is 0 Å². The molecule has 598 valence electrons. The van der Waals surface area contributed by atoms with Crippen molar-refractivity contribution < 1.29 is 40.2 Å². The van der Waals surface area contributed by atoms with E-state index in [1.165, 1.54) is 0 Å². The van der Waals surface area contributed by atoms with Crippen LogP contribution in [-0.2, 0) is 40.2 Å². The van der Waals surface area contributed by atoms with Crippen LogP contribution in [0.3, 0.4) is 0 Å². The van der Waals surface area contributed by atoms with Crippen molar-refractivity contribution in [2.45, 2.75) is 0 Å². The van der Waals surface area contributed by atoms with E-state index >= 15 is 0 Å². The molecule has 0 atom stereocenters. The Hall–Kier alpha value is -15.8. The second-order valence-corrected chi connectivity index (χ2v) is 31.6. The number of benzene rings is 17. The zero-order valence-corrected chi connectivity index (χ0v) is 73.0. The van der Waals surface area contributed by atoms with Gasteiger partial charge in [-0.25, -0.2) is 9.97 Å². The summed E-state index contributed by atoms with van der Waals surface area (Å²) in [5.74, 6) is 1.54. The average molecular weight is 1980 g/mol. The van der Waals surface area contributed by atoms with Crippen molar-refractivity contribution in [1.29, 1.82) is 0 Å². The van der Waals surface area contributed by atoms with Crippen LogP contribution in [0.5, 0.6) is 0 Å². The van der Waals surface area contributed by atoms with Crippen molar-refractivity contribution in [2.24, 2.45) is 0 Å². The van der Waals surface area contributed by atoms with E-state index in [-0.39, 0.29) is 40.2 Å². The van der Waals surface area contributed by atoms with Crippen molar-refractivity contribution in [3.63, 3.8) is 0 Å². The van der Waals surface area contributed by atoms with Crippen LogP contribution in [-0.4, -0.2) is 49.0 Å². The minimum Gasteiger partial charge on any atom is -0.334 e. The van der Waals surface area contributed by atoms with Gasteiger partial charge in [0.2, 0.25) is 0 Å². The van der Waals surface area contributed by atoms with Crippen molar-refractivity contribution in [3.05, 3.63) is 438 Å². The molecular formula is C116H66Ir2N10. The third-order valence-corrected chi connectivity index (χ3v) is 24.3. The van der Waals surface area contributed by atoms with E-state index in [0.29, 0.717) is 0 Å². The molecule has 0 saturated carbocycles. The van der Waals surface area contributed by atoms with Crippen LogP contribution in [0.1, 0.15) is 0 Å². The van der Waals surface area contributed by atoms with Gasteiger partial charge in [-0.05, 0) is 180 Å². The molecule has 7 heterocycles. The number of pyridine rings is 4. The molecule has 0 aliphatic rings. The SMILES string of the molecule is [Ir+3].[Ir+3].[c-]1cc(-c2ccccc2-c2cc(-c3ccccc3-c3c[c-]c(-c4ccccn4)cc3)cc(-c3nc4ccccc4n3-c3c[c-]c4c(c3)c3cccc5c6cc(-n7c(-c8cc(-c9ccccc9-c9c[c-]c(-c%10ccccn%10)cc9)cc(-c9ccccc9-c9c[c-]c(-c%10ccccn%10)cc9)c8)nc8ccccc87)c[c-]c6c6ncnc4c6c35)c2)ccc1-c1ccccn1. The Morgan fingerprint density at radius 3 is 0.820 bits per heavy atom. The van der Waals surface area contributed by atoms with Gasteiger partial charge < -0.3 is 29.1 Å². The van der Waals surface area contributed by atoms with E-state index in [1.807, 2.05) is 97.6 Å². The molecule has 0 bridgehead atoms. The Balaban J connectivity index is 0.00000483. The molecule has 0 fully saturated rings. The van der Waals surface area contributed by atoms with Crippen LogP contribution in [0.15, 0.2) is 401 Å². The fourth-order valence-corrected chi connectivity index (χ4v) is 18.5. The predicted molar refractivity (Wildman–Crippen MR) is 510 cm³/mol. The van der Waals surface area contributed by atoms with Crippen LogP contribution < -0.4 is 0 Å². The second kappa shape index (κ2) is 33.0. The molecule has 7 aromatic heterocycles. The zero-order chi connectivity index (χ0) is 83.1.